The molecule has 1 aliphatic heterocycles. The van der Waals surface area contributed by atoms with E-state index in [1.807, 2.05) is 6.92 Å². The SMILES string of the molecule is Cc1nc(NCC[C@@H](C)N2CCCC2)c2ccsc2n1. The van der Waals surface area contributed by atoms with E-state index in [9.17, 15) is 0 Å². The van der Waals surface area contributed by atoms with E-state index in [1.165, 1.54) is 25.9 Å². The Balaban J connectivity index is 1.60. The normalized spacial score (nSPS) is 17.7. The minimum atomic E-state index is 0.658. The average molecular weight is 290 g/mol. The molecule has 0 amide bonds. The topological polar surface area (TPSA) is 41.1 Å². The predicted octanol–water partition coefficient (Wildman–Crippen LogP) is 3.29. The van der Waals surface area contributed by atoms with Crippen molar-refractivity contribution in [2.24, 2.45) is 0 Å². The summed E-state index contributed by atoms with van der Waals surface area (Å²) in [6.07, 6.45) is 3.88. The third-order valence-electron chi connectivity index (χ3n) is 4.06. The number of nitrogens with zero attached hydrogens (tertiary/aromatic N) is 3. The number of hydrogen-bond acceptors (Lipinski definition) is 5. The first kappa shape index (κ1) is 13.8. The zero-order chi connectivity index (χ0) is 13.9. The lowest BCUT2D eigenvalue weighted by Crippen LogP contribution is -2.31. The predicted molar refractivity (Wildman–Crippen MR) is 85.5 cm³/mol. The van der Waals surface area contributed by atoms with Gasteiger partial charge < -0.3 is 10.2 Å². The van der Waals surface area contributed by atoms with E-state index in [-0.39, 0.29) is 0 Å². The van der Waals surface area contributed by atoms with Crippen molar-refractivity contribution in [2.45, 2.75) is 39.2 Å². The lowest BCUT2D eigenvalue weighted by Gasteiger charge is -2.23. The van der Waals surface area contributed by atoms with Gasteiger partial charge in [0.1, 0.15) is 16.5 Å². The van der Waals surface area contributed by atoms with Gasteiger partial charge in [0.15, 0.2) is 0 Å². The molecule has 0 unspecified atom stereocenters. The number of aryl methyl sites for hydroxylation is 1. The number of hydrogen-bond donors (Lipinski definition) is 1. The highest BCUT2D eigenvalue weighted by atomic mass is 32.1. The Morgan fingerprint density at radius 2 is 2.15 bits per heavy atom. The first-order chi connectivity index (χ1) is 9.74. The summed E-state index contributed by atoms with van der Waals surface area (Å²) in [7, 11) is 0. The molecular formula is C15H22N4S. The van der Waals surface area contributed by atoms with Gasteiger partial charge in [-0.3, -0.25) is 0 Å². The Morgan fingerprint density at radius 1 is 1.35 bits per heavy atom. The maximum atomic E-state index is 4.54. The summed E-state index contributed by atoms with van der Waals surface area (Å²) in [5, 5.41) is 6.73. The second kappa shape index (κ2) is 6.06. The molecule has 2 aromatic rings. The fraction of sp³-hybridized carbons (Fsp3) is 0.600. The van der Waals surface area contributed by atoms with Crippen molar-refractivity contribution in [2.75, 3.05) is 25.0 Å². The number of anilines is 1. The van der Waals surface area contributed by atoms with Gasteiger partial charge in [-0.2, -0.15) is 0 Å². The van der Waals surface area contributed by atoms with Crippen LogP contribution in [-0.2, 0) is 0 Å². The lowest BCUT2D eigenvalue weighted by atomic mass is 10.2. The molecule has 0 bridgehead atoms. The molecule has 1 fully saturated rings. The van der Waals surface area contributed by atoms with Gasteiger partial charge in [0.2, 0.25) is 0 Å². The van der Waals surface area contributed by atoms with E-state index in [0.717, 1.165) is 34.8 Å². The number of nitrogens with one attached hydrogen (secondary N) is 1. The maximum Gasteiger partial charge on any atom is 0.138 e. The van der Waals surface area contributed by atoms with Crippen LogP contribution in [0.5, 0.6) is 0 Å². The van der Waals surface area contributed by atoms with Crippen LogP contribution in [0.3, 0.4) is 0 Å². The summed E-state index contributed by atoms with van der Waals surface area (Å²) in [5.74, 6) is 1.83. The third kappa shape index (κ3) is 2.94. The Hall–Kier alpha value is -1.20. The highest BCUT2D eigenvalue weighted by Gasteiger charge is 2.17. The van der Waals surface area contributed by atoms with Crippen LogP contribution in [0.4, 0.5) is 5.82 Å². The fourth-order valence-electron chi connectivity index (χ4n) is 2.86. The van der Waals surface area contributed by atoms with Crippen LogP contribution in [0.15, 0.2) is 11.4 Å². The molecule has 1 saturated heterocycles. The highest BCUT2D eigenvalue weighted by molar-refractivity contribution is 7.16. The molecule has 5 heteroatoms. The van der Waals surface area contributed by atoms with Crippen molar-refractivity contribution in [3.63, 3.8) is 0 Å². The standard InChI is InChI=1S/C15H22N4S/c1-11(19-8-3-4-9-19)5-7-16-14-13-6-10-20-15(13)18-12(2)17-14/h6,10-11H,3-5,7-9H2,1-2H3,(H,16,17,18)/t11-/m1/s1. The van der Waals surface area contributed by atoms with E-state index in [2.05, 4.69) is 38.6 Å². The van der Waals surface area contributed by atoms with E-state index in [0.29, 0.717) is 6.04 Å². The minimum absolute atomic E-state index is 0.658. The van der Waals surface area contributed by atoms with Gasteiger partial charge in [0.25, 0.3) is 0 Å². The Labute approximate surface area is 124 Å². The smallest absolute Gasteiger partial charge is 0.138 e. The third-order valence-corrected chi connectivity index (χ3v) is 4.86. The second-order valence-electron chi connectivity index (χ2n) is 5.57. The van der Waals surface area contributed by atoms with Gasteiger partial charge in [0.05, 0.1) is 5.39 Å². The number of fused-ring (bicyclic) bond motifs is 1. The molecule has 20 heavy (non-hydrogen) atoms. The van der Waals surface area contributed by atoms with Gasteiger partial charge in [-0.1, -0.05) is 0 Å². The fourth-order valence-corrected chi connectivity index (χ4v) is 3.67. The van der Waals surface area contributed by atoms with Crippen molar-refractivity contribution in [3.05, 3.63) is 17.3 Å². The van der Waals surface area contributed by atoms with E-state index < -0.39 is 0 Å². The first-order valence-electron chi connectivity index (χ1n) is 7.44. The number of rotatable bonds is 5. The molecule has 0 spiro atoms. The number of aromatic nitrogens is 2. The van der Waals surface area contributed by atoms with Crippen molar-refractivity contribution < 1.29 is 0 Å². The lowest BCUT2D eigenvalue weighted by molar-refractivity contribution is 0.251. The highest BCUT2D eigenvalue weighted by Crippen LogP contribution is 2.25. The number of likely N-dealkylation sites (tertiary alicyclic amines) is 1. The van der Waals surface area contributed by atoms with E-state index >= 15 is 0 Å². The van der Waals surface area contributed by atoms with Crippen LogP contribution >= 0.6 is 11.3 Å². The molecule has 0 saturated carbocycles. The zero-order valence-corrected chi connectivity index (χ0v) is 13.0. The van der Waals surface area contributed by atoms with Crippen molar-refractivity contribution in [3.8, 4) is 0 Å². The van der Waals surface area contributed by atoms with E-state index in [4.69, 9.17) is 0 Å². The minimum Gasteiger partial charge on any atom is -0.369 e. The molecule has 4 nitrogen and oxygen atoms in total. The second-order valence-corrected chi connectivity index (χ2v) is 6.46. The molecule has 3 rings (SSSR count). The van der Waals surface area contributed by atoms with E-state index in [1.54, 1.807) is 11.3 Å². The summed E-state index contributed by atoms with van der Waals surface area (Å²) >= 11 is 1.68. The molecule has 0 radical (unpaired) electrons. The van der Waals surface area contributed by atoms with Gasteiger partial charge in [-0.15, -0.1) is 11.3 Å². The van der Waals surface area contributed by atoms with Crippen LogP contribution < -0.4 is 5.32 Å². The molecular weight excluding hydrogens is 268 g/mol. The summed E-state index contributed by atoms with van der Waals surface area (Å²) in [6.45, 7) is 7.79. The van der Waals surface area contributed by atoms with Gasteiger partial charge in [-0.05, 0) is 57.6 Å². The van der Waals surface area contributed by atoms with Crippen LogP contribution in [0, 0.1) is 6.92 Å². The Bertz CT molecular complexity index is 574. The van der Waals surface area contributed by atoms with Crippen molar-refractivity contribution in [1.29, 1.82) is 0 Å². The largest absolute Gasteiger partial charge is 0.369 e. The first-order valence-corrected chi connectivity index (χ1v) is 8.32. The Kier molecular flexibility index (Phi) is 4.17. The summed E-state index contributed by atoms with van der Waals surface area (Å²) < 4.78 is 0. The maximum absolute atomic E-state index is 4.54. The monoisotopic (exact) mass is 290 g/mol. The molecule has 0 aromatic carbocycles. The molecule has 108 valence electrons. The number of thiophene rings is 1. The summed E-state index contributed by atoms with van der Waals surface area (Å²) in [4.78, 5) is 12.7. The van der Waals surface area contributed by atoms with Gasteiger partial charge >= 0.3 is 0 Å². The van der Waals surface area contributed by atoms with Gasteiger partial charge in [0, 0.05) is 12.6 Å². The molecule has 1 N–H and O–H groups in total. The molecule has 3 heterocycles. The van der Waals surface area contributed by atoms with Gasteiger partial charge in [-0.25, -0.2) is 9.97 Å². The molecule has 1 atom stereocenters. The van der Waals surface area contributed by atoms with Crippen LogP contribution in [-0.4, -0.2) is 40.5 Å². The zero-order valence-electron chi connectivity index (χ0n) is 12.2. The molecule has 1 aliphatic rings. The summed E-state index contributed by atoms with van der Waals surface area (Å²) in [6, 6.07) is 2.76. The van der Waals surface area contributed by atoms with Crippen LogP contribution in [0.1, 0.15) is 32.0 Å². The average Bonchev–Trinajstić information content (AvgIpc) is 3.09. The summed E-state index contributed by atoms with van der Waals surface area (Å²) in [5.41, 5.74) is 0. The van der Waals surface area contributed by atoms with Crippen LogP contribution in [0.2, 0.25) is 0 Å². The van der Waals surface area contributed by atoms with Crippen molar-refractivity contribution >= 4 is 27.4 Å². The van der Waals surface area contributed by atoms with Crippen molar-refractivity contribution in [1.82, 2.24) is 14.9 Å². The molecule has 0 aliphatic carbocycles. The quantitative estimate of drug-likeness (QED) is 0.917. The van der Waals surface area contributed by atoms with Crippen LogP contribution in [0.25, 0.3) is 10.2 Å². The molecule has 2 aromatic heterocycles. The Morgan fingerprint density at radius 3 is 2.95 bits per heavy atom.